The van der Waals surface area contributed by atoms with Crippen LogP contribution in [0.15, 0.2) is 36.5 Å². The maximum atomic E-state index is 11.4. The van der Waals surface area contributed by atoms with Gasteiger partial charge in [-0.3, -0.25) is 9.69 Å². The van der Waals surface area contributed by atoms with Gasteiger partial charge in [-0.15, -0.1) is 0 Å². The first-order chi connectivity index (χ1) is 8.71. The van der Waals surface area contributed by atoms with Crippen LogP contribution in [0.2, 0.25) is 0 Å². The molecule has 1 heterocycles. The average molecular weight is 249 g/mol. The van der Waals surface area contributed by atoms with Crippen LogP contribution in [-0.2, 0) is 4.79 Å². The number of hydrogen-bond donors (Lipinski definition) is 1. The molecule has 1 aliphatic rings. The summed E-state index contributed by atoms with van der Waals surface area (Å²) in [5.41, 5.74) is 6.56. The molecular weight excluding hydrogens is 226 g/mol. The fourth-order valence-electron chi connectivity index (χ4n) is 1.95. The summed E-state index contributed by atoms with van der Waals surface area (Å²) in [7, 11) is 0. The minimum atomic E-state index is 0.0445. The van der Waals surface area contributed by atoms with Crippen LogP contribution < -0.4 is 5.73 Å². The van der Waals surface area contributed by atoms with Gasteiger partial charge in [0.1, 0.15) is 0 Å². The van der Waals surface area contributed by atoms with Gasteiger partial charge >= 0.3 is 0 Å². The smallest absolute Gasteiger partial charge is 0.236 e. The minimum Gasteiger partial charge on any atom is -0.339 e. The van der Waals surface area contributed by atoms with Gasteiger partial charge in [-0.05, 0) is 12.5 Å². The third-order valence-corrected chi connectivity index (χ3v) is 3.07. The van der Waals surface area contributed by atoms with Gasteiger partial charge in [-0.25, -0.2) is 0 Å². The van der Waals surface area contributed by atoms with Crippen LogP contribution in [0.5, 0.6) is 0 Å². The molecule has 0 atom stereocenters. The van der Waals surface area contributed by atoms with E-state index in [1.54, 1.807) is 0 Å². The number of carbonyl (C=O) groups excluding carboxylic acids is 1. The molecule has 1 saturated heterocycles. The van der Waals surface area contributed by atoms with Crippen LogP contribution in [0, 0.1) is 0 Å². The summed E-state index contributed by atoms with van der Waals surface area (Å²) in [5, 5.41) is 0. The number of piperazine rings is 1. The number of amides is 1. The van der Waals surface area contributed by atoms with E-state index in [0.717, 1.165) is 32.7 Å². The number of hydrogen-bond acceptors (Lipinski definition) is 3. The van der Waals surface area contributed by atoms with E-state index in [1.807, 2.05) is 30.1 Å². The molecule has 1 amide bonds. The molecule has 0 unspecified atom stereocenters. The Labute approximate surface area is 109 Å². The fraction of sp³-hybridized carbons (Fsp3) is 0.500. The maximum absolute atomic E-state index is 11.4. The maximum Gasteiger partial charge on any atom is 0.236 e. The highest BCUT2D eigenvalue weighted by molar-refractivity contribution is 5.78. The molecule has 0 aromatic carbocycles. The second kappa shape index (κ2) is 7.84. The fourth-order valence-corrected chi connectivity index (χ4v) is 1.95. The molecule has 2 N–H and O–H groups in total. The number of rotatable bonds is 5. The summed E-state index contributed by atoms with van der Waals surface area (Å²) in [6.45, 7) is 10.1. The quantitative estimate of drug-likeness (QED) is 0.733. The van der Waals surface area contributed by atoms with Gasteiger partial charge in [-0.1, -0.05) is 30.9 Å². The molecule has 18 heavy (non-hydrogen) atoms. The van der Waals surface area contributed by atoms with Crippen molar-refractivity contribution in [1.82, 2.24) is 9.80 Å². The Balaban J connectivity index is 2.43. The van der Waals surface area contributed by atoms with E-state index in [-0.39, 0.29) is 12.5 Å². The highest BCUT2D eigenvalue weighted by Gasteiger charge is 2.19. The topological polar surface area (TPSA) is 49.6 Å². The first kappa shape index (κ1) is 14.7. The van der Waals surface area contributed by atoms with Crippen molar-refractivity contribution >= 4 is 5.91 Å². The second-order valence-corrected chi connectivity index (χ2v) is 4.33. The van der Waals surface area contributed by atoms with Crippen molar-refractivity contribution in [3.63, 3.8) is 0 Å². The van der Waals surface area contributed by atoms with Gasteiger partial charge in [0.05, 0.1) is 6.54 Å². The lowest BCUT2D eigenvalue weighted by atomic mass is 10.2. The predicted octanol–water partition coefficient (Wildman–Crippen LogP) is 0.778. The standard InChI is InChI=1S/C14H23N3O/c1-3-5-6-13(4-2)12-16-7-9-17(10-8-16)14(18)11-15/h3-6H,2,7-12,15H2,1H3/b5-3-,13-6+. The zero-order chi connectivity index (χ0) is 13.4. The third kappa shape index (κ3) is 4.47. The molecule has 4 heteroatoms. The van der Waals surface area contributed by atoms with Crippen LogP contribution in [0.3, 0.4) is 0 Å². The van der Waals surface area contributed by atoms with Gasteiger partial charge in [-0.2, -0.15) is 0 Å². The van der Waals surface area contributed by atoms with Crippen molar-refractivity contribution in [3.05, 3.63) is 36.5 Å². The molecule has 100 valence electrons. The van der Waals surface area contributed by atoms with Gasteiger partial charge in [0.15, 0.2) is 0 Å². The van der Waals surface area contributed by atoms with E-state index in [0.29, 0.717) is 0 Å². The molecule has 4 nitrogen and oxygen atoms in total. The Morgan fingerprint density at radius 2 is 2.00 bits per heavy atom. The van der Waals surface area contributed by atoms with E-state index in [2.05, 4.69) is 17.6 Å². The number of allylic oxidation sites excluding steroid dienone is 3. The van der Waals surface area contributed by atoms with E-state index >= 15 is 0 Å². The largest absolute Gasteiger partial charge is 0.339 e. The Morgan fingerprint density at radius 3 is 2.50 bits per heavy atom. The van der Waals surface area contributed by atoms with E-state index in [4.69, 9.17) is 5.73 Å². The van der Waals surface area contributed by atoms with Crippen LogP contribution in [0.1, 0.15) is 6.92 Å². The van der Waals surface area contributed by atoms with Crippen LogP contribution >= 0.6 is 0 Å². The molecule has 0 saturated carbocycles. The average Bonchev–Trinajstić information content (AvgIpc) is 2.43. The molecule has 0 radical (unpaired) electrons. The number of carbonyl (C=O) groups is 1. The van der Waals surface area contributed by atoms with E-state index in [9.17, 15) is 4.79 Å². The van der Waals surface area contributed by atoms with Gasteiger partial charge < -0.3 is 10.6 Å². The lowest BCUT2D eigenvalue weighted by Crippen LogP contribution is -2.50. The van der Waals surface area contributed by atoms with E-state index < -0.39 is 0 Å². The first-order valence-electron chi connectivity index (χ1n) is 6.35. The first-order valence-corrected chi connectivity index (χ1v) is 6.35. The lowest BCUT2D eigenvalue weighted by molar-refractivity contribution is -0.131. The molecule has 0 spiro atoms. The molecule has 1 aliphatic heterocycles. The monoisotopic (exact) mass is 249 g/mol. The zero-order valence-corrected chi connectivity index (χ0v) is 11.1. The molecule has 0 bridgehead atoms. The third-order valence-electron chi connectivity index (χ3n) is 3.07. The summed E-state index contributed by atoms with van der Waals surface area (Å²) >= 11 is 0. The molecular formula is C14H23N3O. The summed E-state index contributed by atoms with van der Waals surface area (Å²) in [6.07, 6.45) is 7.98. The van der Waals surface area contributed by atoms with Crippen molar-refractivity contribution in [2.24, 2.45) is 5.73 Å². The Hall–Kier alpha value is -1.39. The molecule has 1 rings (SSSR count). The summed E-state index contributed by atoms with van der Waals surface area (Å²) in [4.78, 5) is 15.6. The number of nitrogens with zero attached hydrogens (tertiary/aromatic N) is 2. The van der Waals surface area contributed by atoms with Crippen LogP contribution in [0.25, 0.3) is 0 Å². The highest BCUT2D eigenvalue weighted by Crippen LogP contribution is 2.06. The molecule has 0 aromatic heterocycles. The van der Waals surface area contributed by atoms with E-state index in [1.165, 1.54) is 5.57 Å². The normalized spacial score (nSPS) is 18.3. The van der Waals surface area contributed by atoms with Crippen molar-refractivity contribution < 1.29 is 4.79 Å². The summed E-state index contributed by atoms with van der Waals surface area (Å²) in [6, 6.07) is 0. The second-order valence-electron chi connectivity index (χ2n) is 4.33. The number of nitrogens with two attached hydrogens (primary N) is 1. The molecule has 0 aliphatic carbocycles. The molecule has 0 aromatic rings. The lowest BCUT2D eigenvalue weighted by Gasteiger charge is -2.34. The summed E-state index contributed by atoms with van der Waals surface area (Å²) in [5.74, 6) is 0.0445. The minimum absolute atomic E-state index is 0.0445. The Kier molecular flexibility index (Phi) is 6.39. The highest BCUT2D eigenvalue weighted by atomic mass is 16.2. The summed E-state index contributed by atoms with van der Waals surface area (Å²) < 4.78 is 0. The van der Waals surface area contributed by atoms with Crippen molar-refractivity contribution in [3.8, 4) is 0 Å². The van der Waals surface area contributed by atoms with Crippen LogP contribution in [0.4, 0.5) is 0 Å². The molecule has 1 fully saturated rings. The predicted molar refractivity (Wildman–Crippen MR) is 75.2 cm³/mol. The van der Waals surface area contributed by atoms with Gasteiger partial charge in [0.25, 0.3) is 0 Å². The van der Waals surface area contributed by atoms with Crippen molar-refractivity contribution in [2.45, 2.75) is 6.92 Å². The SMILES string of the molecule is C=C/C(=C\C=C/C)CN1CCN(C(=O)CN)CC1. The Bertz CT molecular complexity index is 339. The van der Waals surface area contributed by atoms with Gasteiger partial charge in [0.2, 0.25) is 5.91 Å². The zero-order valence-electron chi connectivity index (χ0n) is 11.1. The van der Waals surface area contributed by atoms with Crippen molar-refractivity contribution in [2.75, 3.05) is 39.3 Å². The Morgan fingerprint density at radius 1 is 1.33 bits per heavy atom. The van der Waals surface area contributed by atoms with Crippen molar-refractivity contribution in [1.29, 1.82) is 0 Å². The van der Waals surface area contributed by atoms with Crippen LogP contribution in [-0.4, -0.2) is 55.0 Å². The van der Waals surface area contributed by atoms with Gasteiger partial charge in [0, 0.05) is 32.7 Å².